The summed E-state index contributed by atoms with van der Waals surface area (Å²) in [5.74, 6) is -3.26. The topological polar surface area (TPSA) is 49.8 Å². The minimum Gasteiger partial charge on any atom is -0.486 e. The van der Waals surface area contributed by atoms with Crippen molar-refractivity contribution < 1.29 is 23.4 Å². The Kier molecular flexibility index (Phi) is 8.40. The van der Waals surface area contributed by atoms with Crippen LogP contribution in [0.15, 0.2) is 78.9 Å². The van der Waals surface area contributed by atoms with E-state index in [1.54, 1.807) is 36.2 Å². The number of nitrogens with zero attached hydrogens (tertiary/aromatic N) is 1. The van der Waals surface area contributed by atoms with E-state index in [9.17, 15) is 4.79 Å². The molecule has 0 amide bonds. The molecular weight excluding hydrogens is 436 g/mol. The Morgan fingerprint density at radius 3 is 2.00 bits per heavy atom. The fraction of sp³-hybridized carbons (Fsp3) is 0.321. The number of hydrogen-bond acceptors (Lipinski definition) is 3. The van der Waals surface area contributed by atoms with Crippen LogP contribution in [0.1, 0.15) is 54.5 Å². The van der Waals surface area contributed by atoms with Gasteiger partial charge in [-0.2, -0.15) is 8.78 Å². The molecular formula is C28H31F2NO3. The van der Waals surface area contributed by atoms with E-state index in [1.165, 1.54) is 24.3 Å². The number of carboxylic acid groups (broad SMARTS) is 1. The van der Waals surface area contributed by atoms with Gasteiger partial charge in [-0.1, -0.05) is 68.4 Å². The second kappa shape index (κ2) is 11.3. The summed E-state index contributed by atoms with van der Waals surface area (Å²) < 4.78 is 36.4. The molecule has 1 unspecified atom stereocenters. The average Bonchev–Trinajstić information content (AvgIpc) is 2.82. The highest BCUT2D eigenvalue weighted by atomic mass is 19.3. The Morgan fingerprint density at radius 2 is 1.47 bits per heavy atom. The molecule has 0 saturated carbocycles. The number of carboxylic acids is 1. The zero-order valence-electron chi connectivity index (χ0n) is 19.7. The first-order valence-electron chi connectivity index (χ1n) is 11.4. The molecule has 0 aliphatic carbocycles. The van der Waals surface area contributed by atoms with E-state index in [-0.39, 0.29) is 29.7 Å². The van der Waals surface area contributed by atoms with Crippen molar-refractivity contribution in [2.75, 3.05) is 20.1 Å². The molecule has 3 aromatic carbocycles. The predicted molar refractivity (Wildman–Crippen MR) is 130 cm³/mol. The van der Waals surface area contributed by atoms with Crippen LogP contribution < -0.4 is 4.74 Å². The van der Waals surface area contributed by atoms with Crippen LogP contribution in [0.5, 0.6) is 5.75 Å². The van der Waals surface area contributed by atoms with Crippen molar-refractivity contribution in [1.29, 1.82) is 0 Å². The van der Waals surface area contributed by atoms with Crippen molar-refractivity contribution in [3.8, 4) is 5.75 Å². The van der Waals surface area contributed by atoms with Gasteiger partial charge in [-0.3, -0.25) is 9.69 Å². The normalized spacial score (nSPS) is 12.7. The van der Waals surface area contributed by atoms with Crippen molar-refractivity contribution >= 4 is 5.97 Å². The number of benzene rings is 3. The lowest BCUT2D eigenvalue weighted by Crippen LogP contribution is -2.28. The lowest BCUT2D eigenvalue weighted by Gasteiger charge is -2.23. The first kappa shape index (κ1) is 25.4. The second-order valence-electron chi connectivity index (χ2n) is 8.81. The van der Waals surface area contributed by atoms with Crippen molar-refractivity contribution in [2.45, 2.75) is 38.2 Å². The van der Waals surface area contributed by atoms with Crippen LogP contribution in [0.25, 0.3) is 0 Å². The summed E-state index contributed by atoms with van der Waals surface area (Å²) in [6.07, 6.45) is 0.209. The van der Waals surface area contributed by atoms with Gasteiger partial charge in [0, 0.05) is 24.1 Å². The van der Waals surface area contributed by atoms with Gasteiger partial charge in [0.1, 0.15) is 11.9 Å². The van der Waals surface area contributed by atoms with Crippen LogP contribution in [0.3, 0.4) is 0 Å². The number of halogens is 2. The first-order chi connectivity index (χ1) is 16.2. The van der Waals surface area contributed by atoms with Gasteiger partial charge in [0.25, 0.3) is 5.92 Å². The van der Waals surface area contributed by atoms with Crippen molar-refractivity contribution in [3.63, 3.8) is 0 Å². The van der Waals surface area contributed by atoms with E-state index >= 15 is 8.78 Å². The highest BCUT2D eigenvalue weighted by Gasteiger charge is 2.34. The maximum atomic E-state index is 15.1. The summed E-state index contributed by atoms with van der Waals surface area (Å²) in [6, 6.07) is 22.0. The molecule has 0 bridgehead atoms. The predicted octanol–water partition coefficient (Wildman–Crippen LogP) is 6.48. The van der Waals surface area contributed by atoms with Gasteiger partial charge in [0.2, 0.25) is 0 Å². The molecule has 1 N–H and O–H groups in total. The molecule has 3 aromatic rings. The molecule has 6 heteroatoms. The maximum absolute atomic E-state index is 15.1. The van der Waals surface area contributed by atoms with E-state index in [4.69, 9.17) is 9.84 Å². The molecule has 0 heterocycles. The molecule has 3 rings (SSSR count). The Balaban J connectivity index is 1.74. The van der Waals surface area contributed by atoms with Gasteiger partial charge in [-0.05, 0) is 48.4 Å². The molecule has 1 atom stereocenters. The number of hydrogen-bond donors (Lipinski definition) is 1. The minimum absolute atomic E-state index is 0.0470. The third-order valence-electron chi connectivity index (χ3n) is 5.78. The Morgan fingerprint density at radius 1 is 0.912 bits per heavy atom. The summed E-state index contributed by atoms with van der Waals surface area (Å²) in [4.78, 5) is 12.6. The average molecular weight is 468 g/mol. The van der Waals surface area contributed by atoms with Crippen LogP contribution in [0, 0.1) is 0 Å². The zero-order chi connectivity index (χ0) is 24.7. The van der Waals surface area contributed by atoms with Crippen molar-refractivity contribution in [3.05, 3.63) is 101 Å². The fourth-order valence-electron chi connectivity index (χ4n) is 3.76. The quantitative estimate of drug-likeness (QED) is 0.351. The van der Waals surface area contributed by atoms with Crippen LogP contribution in [-0.4, -0.2) is 36.1 Å². The van der Waals surface area contributed by atoms with Crippen LogP contribution in [0.4, 0.5) is 8.78 Å². The first-order valence-corrected chi connectivity index (χ1v) is 11.4. The van der Waals surface area contributed by atoms with Gasteiger partial charge in [0.15, 0.2) is 0 Å². The van der Waals surface area contributed by atoms with E-state index in [0.29, 0.717) is 18.7 Å². The molecule has 0 spiro atoms. The van der Waals surface area contributed by atoms with Gasteiger partial charge < -0.3 is 9.84 Å². The van der Waals surface area contributed by atoms with Crippen molar-refractivity contribution in [1.82, 2.24) is 4.90 Å². The van der Waals surface area contributed by atoms with Crippen molar-refractivity contribution in [2.24, 2.45) is 0 Å². The molecule has 0 fully saturated rings. The molecule has 0 aromatic heterocycles. The standard InChI is InChI=1S/C28H31F2NO3/c1-20(2)21-9-11-23(12-10-21)28(29,30)24-13-15-25(16-14-24)34-26(22-7-5-4-6-8-22)17-18-31(3)19-27(32)33/h4-16,20,26H,17-19H2,1-3H3,(H,32,33). The number of carbonyl (C=O) groups is 1. The highest BCUT2D eigenvalue weighted by molar-refractivity contribution is 5.69. The summed E-state index contributed by atoms with van der Waals surface area (Å²) in [5, 5.41) is 8.98. The number of ether oxygens (including phenoxy) is 1. The van der Waals surface area contributed by atoms with E-state index in [1.807, 2.05) is 44.2 Å². The number of aliphatic carboxylic acids is 1. The third kappa shape index (κ3) is 6.64. The Hall–Kier alpha value is -3.25. The van der Waals surface area contributed by atoms with Gasteiger partial charge >= 0.3 is 5.97 Å². The molecule has 0 radical (unpaired) electrons. The molecule has 0 saturated heterocycles. The fourth-order valence-corrected chi connectivity index (χ4v) is 3.76. The Labute approximate surface area is 199 Å². The highest BCUT2D eigenvalue weighted by Crippen LogP contribution is 2.37. The SMILES string of the molecule is CC(C)c1ccc(C(F)(F)c2ccc(OC(CCN(C)CC(=O)O)c3ccccc3)cc2)cc1. The summed E-state index contributed by atoms with van der Waals surface area (Å²) in [6.45, 7) is 4.50. The van der Waals surface area contributed by atoms with E-state index in [2.05, 4.69) is 0 Å². The molecule has 4 nitrogen and oxygen atoms in total. The lowest BCUT2D eigenvalue weighted by molar-refractivity contribution is -0.138. The largest absolute Gasteiger partial charge is 0.486 e. The van der Waals surface area contributed by atoms with E-state index < -0.39 is 11.9 Å². The number of alkyl halides is 2. The minimum atomic E-state index is -3.12. The molecule has 0 aliphatic rings. The zero-order valence-corrected chi connectivity index (χ0v) is 19.7. The molecule has 0 aliphatic heterocycles. The van der Waals surface area contributed by atoms with Gasteiger partial charge in [0.05, 0.1) is 6.54 Å². The van der Waals surface area contributed by atoms with Gasteiger partial charge in [-0.15, -0.1) is 0 Å². The monoisotopic (exact) mass is 467 g/mol. The summed E-state index contributed by atoms with van der Waals surface area (Å²) >= 11 is 0. The maximum Gasteiger partial charge on any atom is 0.317 e. The number of likely N-dealkylation sites (N-methyl/N-ethyl adjacent to an activating group) is 1. The van der Waals surface area contributed by atoms with Crippen LogP contribution in [0.2, 0.25) is 0 Å². The van der Waals surface area contributed by atoms with Crippen LogP contribution >= 0.6 is 0 Å². The number of rotatable bonds is 11. The second-order valence-corrected chi connectivity index (χ2v) is 8.81. The Bertz CT molecular complexity index is 1050. The lowest BCUT2D eigenvalue weighted by atomic mass is 9.96. The summed E-state index contributed by atoms with van der Waals surface area (Å²) in [5.41, 5.74) is 1.80. The third-order valence-corrected chi connectivity index (χ3v) is 5.78. The molecule has 34 heavy (non-hydrogen) atoms. The molecule has 180 valence electrons. The summed E-state index contributed by atoms with van der Waals surface area (Å²) in [7, 11) is 1.74. The van der Waals surface area contributed by atoms with Crippen LogP contribution in [-0.2, 0) is 10.7 Å². The van der Waals surface area contributed by atoms with E-state index in [0.717, 1.165) is 11.1 Å². The smallest absolute Gasteiger partial charge is 0.317 e. The van der Waals surface area contributed by atoms with Gasteiger partial charge in [-0.25, -0.2) is 0 Å².